The summed E-state index contributed by atoms with van der Waals surface area (Å²) in [6.07, 6.45) is -3.60. The number of thiophene rings is 1. The van der Waals surface area contributed by atoms with Crippen molar-refractivity contribution in [2.24, 2.45) is 0 Å². The molecule has 0 aromatic carbocycles. The van der Waals surface area contributed by atoms with Crippen LogP contribution in [0.4, 0.5) is 13.2 Å². The van der Waals surface area contributed by atoms with Crippen molar-refractivity contribution in [1.29, 1.82) is 0 Å². The lowest BCUT2D eigenvalue weighted by Gasteiger charge is -2.06. The average Bonchev–Trinajstić information content (AvgIpc) is 2.72. The van der Waals surface area contributed by atoms with Crippen LogP contribution < -0.4 is 0 Å². The van der Waals surface area contributed by atoms with Crippen molar-refractivity contribution in [3.8, 4) is 10.7 Å². The first kappa shape index (κ1) is 13.0. The highest BCUT2D eigenvalue weighted by Crippen LogP contribution is 2.26. The van der Waals surface area contributed by atoms with E-state index in [1.165, 1.54) is 23.6 Å². The van der Waals surface area contributed by atoms with Crippen LogP contribution in [0, 0.1) is 6.92 Å². The minimum Gasteiger partial charge on any atom is -0.236 e. The van der Waals surface area contributed by atoms with Gasteiger partial charge < -0.3 is 0 Å². The molecule has 0 spiro atoms. The zero-order valence-corrected chi connectivity index (χ0v) is 10.5. The third kappa shape index (κ3) is 3.29. The number of hydrogen-bond donors (Lipinski definition) is 0. The van der Waals surface area contributed by atoms with Crippen molar-refractivity contribution < 1.29 is 13.2 Å². The van der Waals surface area contributed by atoms with Crippen molar-refractivity contribution >= 4 is 11.3 Å². The van der Waals surface area contributed by atoms with Crippen molar-refractivity contribution in [2.75, 3.05) is 0 Å². The zero-order chi connectivity index (χ0) is 13.2. The monoisotopic (exact) mass is 272 g/mol. The van der Waals surface area contributed by atoms with Gasteiger partial charge >= 0.3 is 6.18 Å². The molecule has 0 amide bonds. The molecule has 6 heteroatoms. The first-order valence-corrected chi connectivity index (χ1v) is 6.27. The van der Waals surface area contributed by atoms with E-state index in [0.717, 1.165) is 10.4 Å². The van der Waals surface area contributed by atoms with Gasteiger partial charge in [-0.1, -0.05) is 0 Å². The Balaban J connectivity index is 2.18. The smallest absolute Gasteiger partial charge is 0.236 e. The van der Waals surface area contributed by atoms with Crippen LogP contribution in [0.3, 0.4) is 0 Å². The summed E-state index contributed by atoms with van der Waals surface area (Å²) in [5.74, 6) is 0.502. The van der Waals surface area contributed by atoms with Gasteiger partial charge in [0.1, 0.15) is 0 Å². The number of nitrogens with zero attached hydrogens (tertiary/aromatic N) is 2. The lowest BCUT2D eigenvalue weighted by molar-refractivity contribution is -0.134. The van der Waals surface area contributed by atoms with Crippen LogP contribution >= 0.6 is 11.3 Å². The van der Waals surface area contributed by atoms with Crippen molar-refractivity contribution in [3.05, 3.63) is 35.0 Å². The van der Waals surface area contributed by atoms with Crippen molar-refractivity contribution in [2.45, 2.75) is 25.9 Å². The molecule has 2 heterocycles. The van der Waals surface area contributed by atoms with Gasteiger partial charge in [0.15, 0.2) is 5.82 Å². The molecule has 0 aliphatic carbocycles. The van der Waals surface area contributed by atoms with Crippen LogP contribution in [-0.2, 0) is 6.42 Å². The van der Waals surface area contributed by atoms with Gasteiger partial charge in [-0.15, -0.1) is 11.3 Å². The summed E-state index contributed by atoms with van der Waals surface area (Å²) in [5, 5.41) is 1.91. The van der Waals surface area contributed by atoms with Crippen LogP contribution in [0.1, 0.15) is 17.7 Å². The van der Waals surface area contributed by atoms with Gasteiger partial charge in [-0.2, -0.15) is 13.2 Å². The fourth-order valence-corrected chi connectivity index (χ4v) is 2.38. The molecule has 0 atom stereocenters. The molecule has 18 heavy (non-hydrogen) atoms. The Kier molecular flexibility index (Phi) is 3.65. The highest BCUT2D eigenvalue weighted by Gasteiger charge is 2.26. The molecule has 0 aliphatic rings. The molecule has 2 aromatic rings. The standard InChI is InChI=1S/C12H11F3N2S/c1-8-4-7-18-10(8)11-16-6-3-9(17-11)2-5-12(13,14)15/h3-4,6-7H,2,5H2,1H3. The number of halogens is 3. The molecule has 0 radical (unpaired) electrons. The lowest BCUT2D eigenvalue weighted by atomic mass is 10.2. The van der Waals surface area contributed by atoms with E-state index in [2.05, 4.69) is 9.97 Å². The van der Waals surface area contributed by atoms with E-state index < -0.39 is 12.6 Å². The number of aromatic nitrogens is 2. The Hall–Kier alpha value is -1.43. The molecular formula is C12H11F3N2S. The van der Waals surface area contributed by atoms with E-state index >= 15 is 0 Å². The van der Waals surface area contributed by atoms with E-state index in [0.29, 0.717) is 11.5 Å². The summed E-state index contributed by atoms with van der Waals surface area (Å²) < 4.78 is 36.4. The van der Waals surface area contributed by atoms with E-state index in [-0.39, 0.29) is 6.42 Å². The Morgan fingerprint density at radius 3 is 2.67 bits per heavy atom. The molecule has 2 nitrogen and oxygen atoms in total. The molecule has 0 aliphatic heterocycles. The maximum atomic E-state index is 12.1. The van der Waals surface area contributed by atoms with Gasteiger partial charge in [-0.3, -0.25) is 0 Å². The zero-order valence-electron chi connectivity index (χ0n) is 9.66. The van der Waals surface area contributed by atoms with Gasteiger partial charge in [-0.25, -0.2) is 9.97 Å². The normalized spacial score (nSPS) is 11.8. The third-order valence-electron chi connectivity index (χ3n) is 2.44. The fourth-order valence-electron chi connectivity index (χ4n) is 1.52. The van der Waals surface area contributed by atoms with E-state index in [1.54, 1.807) is 0 Å². The van der Waals surface area contributed by atoms with Gasteiger partial charge in [-0.05, 0) is 36.4 Å². The molecule has 0 fully saturated rings. The summed E-state index contributed by atoms with van der Waals surface area (Å²) in [4.78, 5) is 9.19. The highest BCUT2D eigenvalue weighted by atomic mass is 32.1. The van der Waals surface area contributed by atoms with Gasteiger partial charge in [0, 0.05) is 18.3 Å². The quantitative estimate of drug-likeness (QED) is 0.843. The van der Waals surface area contributed by atoms with Crippen LogP contribution in [0.2, 0.25) is 0 Å². The maximum Gasteiger partial charge on any atom is 0.389 e. The summed E-state index contributed by atoms with van der Waals surface area (Å²) in [7, 11) is 0. The lowest BCUT2D eigenvalue weighted by Crippen LogP contribution is -2.09. The molecule has 0 N–H and O–H groups in total. The van der Waals surface area contributed by atoms with Crippen LogP contribution in [0.5, 0.6) is 0 Å². The number of alkyl halides is 3. The second kappa shape index (κ2) is 5.06. The first-order valence-electron chi connectivity index (χ1n) is 5.39. The average molecular weight is 272 g/mol. The van der Waals surface area contributed by atoms with Crippen LogP contribution in [0.15, 0.2) is 23.7 Å². The molecule has 2 aromatic heterocycles. The molecule has 0 unspecified atom stereocenters. The van der Waals surface area contributed by atoms with Crippen molar-refractivity contribution in [3.63, 3.8) is 0 Å². The van der Waals surface area contributed by atoms with Crippen LogP contribution in [-0.4, -0.2) is 16.1 Å². The summed E-state index contributed by atoms with van der Waals surface area (Å²) in [5.41, 5.74) is 1.46. The molecule has 2 rings (SSSR count). The number of hydrogen-bond acceptors (Lipinski definition) is 3. The minimum atomic E-state index is -4.15. The fraction of sp³-hybridized carbons (Fsp3) is 0.333. The molecule has 0 saturated carbocycles. The summed E-state index contributed by atoms with van der Waals surface area (Å²) in [6, 6.07) is 3.46. The van der Waals surface area contributed by atoms with Crippen molar-refractivity contribution in [1.82, 2.24) is 9.97 Å². The molecule has 96 valence electrons. The highest BCUT2D eigenvalue weighted by molar-refractivity contribution is 7.13. The predicted octanol–water partition coefficient (Wildman–Crippen LogP) is 4.01. The Morgan fingerprint density at radius 1 is 1.28 bits per heavy atom. The third-order valence-corrected chi connectivity index (χ3v) is 3.46. The Labute approximate surface area is 107 Å². The minimum absolute atomic E-state index is 0.108. The van der Waals surface area contributed by atoms with E-state index in [4.69, 9.17) is 0 Å². The van der Waals surface area contributed by atoms with Gasteiger partial charge in [0.25, 0.3) is 0 Å². The summed E-state index contributed by atoms with van der Waals surface area (Å²) in [6.45, 7) is 1.93. The Morgan fingerprint density at radius 2 is 2.06 bits per heavy atom. The summed E-state index contributed by atoms with van der Waals surface area (Å²) >= 11 is 1.49. The second-order valence-electron chi connectivity index (χ2n) is 3.92. The van der Waals surface area contributed by atoms with Gasteiger partial charge in [0.2, 0.25) is 0 Å². The SMILES string of the molecule is Cc1ccsc1-c1nccc(CCC(F)(F)F)n1. The molecular weight excluding hydrogens is 261 g/mol. The largest absolute Gasteiger partial charge is 0.389 e. The number of aryl methyl sites for hydroxylation is 2. The Bertz CT molecular complexity index is 534. The van der Waals surface area contributed by atoms with Crippen LogP contribution in [0.25, 0.3) is 10.7 Å². The number of rotatable bonds is 3. The second-order valence-corrected chi connectivity index (χ2v) is 4.84. The van der Waals surface area contributed by atoms with E-state index in [1.807, 2.05) is 18.4 Å². The first-order chi connectivity index (χ1) is 8.46. The predicted molar refractivity (Wildman–Crippen MR) is 64.5 cm³/mol. The molecule has 0 bridgehead atoms. The van der Waals surface area contributed by atoms with E-state index in [9.17, 15) is 13.2 Å². The van der Waals surface area contributed by atoms with Gasteiger partial charge in [0.05, 0.1) is 4.88 Å². The molecule has 0 saturated heterocycles. The maximum absolute atomic E-state index is 12.1. The topological polar surface area (TPSA) is 25.8 Å².